The van der Waals surface area contributed by atoms with Crippen molar-refractivity contribution in [1.29, 1.82) is 0 Å². The number of likely N-dealkylation sites (N-methyl/N-ethyl adjacent to an activating group) is 1. The van der Waals surface area contributed by atoms with Gasteiger partial charge in [-0.3, -0.25) is 0 Å². The zero-order valence-corrected chi connectivity index (χ0v) is 9.13. The van der Waals surface area contributed by atoms with Crippen molar-refractivity contribution in [3.8, 4) is 0 Å². The Hall–Kier alpha value is -1.19. The number of hydrogen-bond acceptors (Lipinski definition) is 3. The lowest BCUT2D eigenvalue weighted by molar-refractivity contribution is -0.536. The number of esters is 1. The number of carbonyl (C=O) groups is 1. The molecule has 1 radical (unpaired) electrons. The fourth-order valence-corrected chi connectivity index (χ4v) is 1.44. The molecular formula is C10H16N2O2+. The largest absolute Gasteiger partial charge is 0.461 e. The smallest absolute Gasteiger partial charge is 0.363 e. The molecule has 0 atom stereocenters. The number of hydrogen-bond donors (Lipinski definition) is 0. The Morgan fingerprint density at radius 3 is 2.64 bits per heavy atom. The highest BCUT2D eigenvalue weighted by Crippen LogP contribution is 2.29. The minimum absolute atomic E-state index is 0.326. The Bertz CT molecular complexity index is 305. The van der Waals surface area contributed by atoms with Gasteiger partial charge in [0.2, 0.25) is 5.70 Å². The van der Waals surface area contributed by atoms with E-state index in [4.69, 9.17) is 4.74 Å². The lowest BCUT2D eigenvalue weighted by Crippen LogP contribution is -2.08. The van der Waals surface area contributed by atoms with Gasteiger partial charge in [0.15, 0.2) is 7.05 Å². The van der Waals surface area contributed by atoms with Crippen LogP contribution in [-0.4, -0.2) is 24.3 Å². The van der Waals surface area contributed by atoms with Gasteiger partial charge in [0.25, 0.3) is 6.04 Å². The first-order valence-corrected chi connectivity index (χ1v) is 4.81. The zero-order chi connectivity index (χ0) is 10.7. The summed E-state index contributed by atoms with van der Waals surface area (Å²) in [6.07, 6.45) is 0.799. The third-order valence-corrected chi connectivity index (χ3v) is 2.28. The standard InChI is InChI=1S/C10H16N2O2/c1-5-8-7(3)12(4)11-9(8)10(13)14-6-2/h5-6H2,1-4H3/q+1. The Labute approximate surface area is 84.3 Å². The van der Waals surface area contributed by atoms with Crippen LogP contribution in [0.5, 0.6) is 0 Å². The normalized spacial score (nSPS) is 17.3. The lowest BCUT2D eigenvalue weighted by Gasteiger charge is -2.00. The second kappa shape index (κ2) is 4.35. The quantitative estimate of drug-likeness (QED) is 0.511. The Kier molecular flexibility index (Phi) is 3.38. The van der Waals surface area contributed by atoms with E-state index in [1.165, 1.54) is 0 Å². The van der Waals surface area contributed by atoms with Crippen molar-refractivity contribution >= 4 is 5.97 Å². The second-order valence-electron chi connectivity index (χ2n) is 3.11. The van der Waals surface area contributed by atoms with Crippen LogP contribution < -0.4 is 0 Å². The zero-order valence-electron chi connectivity index (χ0n) is 9.13. The molecule has 0 aliphatic carbocycles. The van der Waals surface area contributed by atoms with Crippen molar-refractivity contribution in [3.63, 3.8) is 0 Å². The number of carbonyl (C=O) groups excluding carboxylic acids is 1. The van der Waals surface area contributed by atoms with Crippen LogP contribution in [-0.2, 0) is 9.53 Å². The van der Waals surface area contributed by atoms with Crippen molar-refractivity contribution in [2.75, 3.05) is 13.7 Å². The predicted molar refractivity (Wildman–Crippen MR) is 51.5 cm³/mol. The molecule has 4 heteroatoms. The third kappa shape index (κ3) is 1.84. The predicted octanol–water partition coefficient (Wildman–Crippen LogP) is 1.87. The molecule has 1 aliphatic heterocycles. The number of azo groups is 2. The molecule has 0 unspecified atom stereocenters. The van der Waals surface area contributed by atoms with Crippen LogP contribution in [0.2, 0.25) is 0 Å². The number of nitrogens with zero attached hydrogens (tertiary/aromatic N) is 2. The van der Waals surface area contributed by atoms with Crippen LogP contribution in [0.25, 0.3) is 0 Å². The van der Waals surface area contributed by atoms with E-state index in [0.717, 1.165) is 18.0 Å². The second-order valence-corrected chi connectivity index (χ2v) is 3.11. The van der Waals surface area contributed by atoms with Gasteiger partial charge in [-0.1, -0.05) is 6.92 Å². The van der Waals surface area contributed by atoms with Crippen molar-refractivity contribution in [1.82, 2.24) is 0 Å². The maximum atomic E-state index is 11.5. The Morgan fingerprint density at radius 2 is 2.14 bits per heavy atom. The van der Waals surface area contributed by atoms with Gasteiger partial charge in [0.1, 0.15) is 0 Å². The minimum atomic E-state index is -0.326. The Morgan fingerprint density at radius 1 is 1.50 bits per heavy atom. The van der Waals surface area contributed by atoms with Crippen LogP contribution in [0.4, 0.5) is 0 Å². The average molecular weight is 196 g/mol. The van der Waals surface area contributed by atoms with Crippen LogP contribution in [0.1, 0.15) is 27.2 Å². The highest BCUT2D eigenvalue weighted by atomic mass is 16.5. The van der Waals surface area contributed by atoms with Crippen molar-refractivity contribution in [2.45, 2.75) is 27.2 Å². The molecule has 1 heterocycles. The minimum Gasteiger partial charge on any atom is -0.461 e. The van der Waals surface area contributed by atoms with E-state index in [1.807, 2.05) is 20.9 Å². The van der Waals surface area contributed by atoms with Crippen LogP contribution in [0, 0.1) is 6.04 Å². The molecule has 0 aromatic heterocycles. The van der Waals surface area contributed by atoms with E-state index in [0.29, 0.717) is 12.3 Å². The van der Waals surface area contributed by atoms with Gasteiger partial charge in [-0.05, 0) is 13.3 Å². The molecule has 77 valence electrons. The summed E-state index contributed by atoms with van der Waals surface area (Å²) in [6, 6.07) is 1.02. The lowest BCUT2D eigenvalue weighted by atomic mass is 10.1. The number of ether oxygens (including phenoxy) is 1. The molecule has 0 bridgehead atoms. The maximum absolute atomic E-state index is 11.5. The van der Waals surface area contributed by atoms with Crippen molar-refractivity contribution < 1.29 is 14.2 Å². The fraction of sp³-hybridized carbons (Fsp3) is 0.600. The first kappa shape index (κ1) is 10.9. The summed E-state index contributed by atoms with van der Waals surface area (Å²) >= 11 is 0. The van der Waals surface area contributed by atoms with Gasteiger partial charge in [-0.15, -0.1) is 4.70 Å². The number of rotatable bonds is 3. The molecule has 0 saturated heterocycles. The molecule has 4 nitrogen and oxygen atoms in total. The molecular weight excluding hydrogens is 180 g/mol. The maximum Gasteiger partial charge on any atom is 0.363 e. The average Bonchev–Trinajstić information content (AvgIpc) is 2.44. The summed E-state index contributed by atoms with van der Waals surface area (Å²) in [7, 11) is 1.83. The molecule has 0 fully saturated rings. The third-order valence-electron chi connectivity index (χ3n) is 2.28. The molecule has 0 amide bonds. The van der Waals surface area contributed by atoms with Gasteiger partial charge in [-0.25, -0.2) is 4.79 Å². The summed E-state index contributed by atoms with van der Waals surface area (Å²) in [5, 5.41) is 4.14. The molecule has 0 aromatic rings. The summed E-state index contributed by atoms with van der Waals surface area (Å²) in [5.74, 6) is -0.326. The van der Waals surface area contributed by atoms with Gasteiger partial charge in [0, 0.05) is 17.6 Å². The molecule has 14 heavy (non-hydrogen) atoms. The van der Waals surface area contributed by atoms with Crippen LogP contribution >= 0.6 is 0 Å². The van der Waals surface area contributed by atoms with Gasteiger partial charge < -0.3 is 4.74 Å². The van der Waals surface area contributed by atoms with Crippen molar-refractivity contribution in [3.05, 3.63) is 17.3 Å². The molecule has 0 N–H and O–H groups in total. The van der Waals surface area contributed by atoms with E-state index in [-0.39, 0.29) is 5.97 Å². The Balaban J connectivity index is 2.93. The molecule has 0 aromatic carbocycles. The first-order valence-electron chi connectivity index (χ1n) is 4.81. The fourth-order valence-electron chi connectivity index (χ4n) is 1.44. The topological polar surface area (TPSA) is 41.7 Å². The van der Waals surface area contributed by atoms with Crippen molar-refractivity contribution in [2.24, 2.45) is 5.11 Å². The van der Waals surface area contributed by atoms with E-state index >= 15 is 0 Å². The summed E-state index contributed by atoms with van der Waals surface area (Å²) < 4.78 is 6.64. The monoisotopic (exact) mass is 196 g/mol. The summed E-state index contributed by atoms with van der Waals surface area (Å²) in [5.41, 5.74) is 1.43. The van der Waals surface area contributed by atoms with E-state index < -0.39 is 0 Å². The molecule has 0 saturated carbocycles. The summed E-state index contributed by atoms with van der Waals surface area (Å²) in [4.78, 5) is 11.5. The highest BCUT2D eigenvalue weighted by Gasteiger charge is 2.35. The molecule has 1 rings (SSSR count). The highest BCUT2D eigenvalue weighted by molar-refractivity contribution is 5.89. The van der Waals surface area contributed by atoms with E-state index in [1.54, 1.807) is 11.6 Å². The van der Waals surface area contributed by atoms with Crippen LogP contribution in [0.3, 0.4) is 0 Å². The first-order chi connectivity index (χ1) is 6.61. The van der Waals surface area contributed by atoms with Gasteiger partial charge in [-0.2, -0.15) is 0 Å². The SMILES string of the molecule is CCOC(=O)C1=C(CC)[C](C)[N+](C)=N1. The summed E-state index contributed by atoms with van der Waals surface area (Å²) in [6.45, 7) is 6.14. The molecule has 0 spiro atoms. The molecule has 1 aliphatic rings. The van der Waals surface area contributed by atoms with Crippen LogP contribution in [0.15, 0.2) is 16.4 Å². The van der Waals surface area contributed by atoms with Gasteiger partial charge in [0.05, 0.1) is 6.61 Å². The van der Waals surface area contributed by atoms with E-state index in [2.05, 4.69) is 5.11 Å². The van der Waals surface area contributed by atoms with E-state index in [9.17, 15) is 4.79 Å². The van der Waals surface area contributed by atoms with Gasteiger partial charge >= 0.3 is 5.97 Å².